The molecule has 0 saturated carbocycles. The number of allylic oxidation sites excluding steroid dienone is 3. The van der Waals surface area contributed by atoms with Crippen LogP contribution in [-0.2, 0) is 13.0 Å². The van der Waals surface area contributed by atoms with Crippen LogP contribution in [0.25, 0.3) is 22.4 Å². The summed E-state index contributed by atoms with van der Waals surface area (Å²) in [6.45, 7) is 12.4. The van der Waals surface area contributed by atoms with Crippen molar-refractivity contribution in [2.24, 2.45) is 0 Å². The number of hydrogen-bond donors (Lipinski definition) is 0. The summed E-state index contributed by atoms with van der Waals surface area (Å²) in [6, 6.07) is 8.06. The van der Waals surface area contributed by atoms with Gasteiger partial charge in [0.15, 0.2) is 17.0 Å². The highest BCUT2D eigenvalue weighted by molar-refractivity contribution is 6.04. The van der Waals surface area contributed by atoms with Crippen molar-refractivity contribution in [1.29, 1.82) is 0 Å². The first kappa shape index (κ1) is 24.5. The number of carbonyl (C=O) groups is 1. The minimum Gasteiger partial charge on any atom is -0.454 e. The van der Waals surface area contributed by atoms with Gasteiger partial charge in [-0.1, -0.05) is 65.0 Å². The van der Waals surface area contributed by atoms with Crippen LogP contribution in [0.15, 0.2) is 64.5 Å². The number of nitrogens with zero attached hydrogens (tertiary/aromatic N) is 1. The average molecular weight is 448 g/mol. The molecule has 4 nitrogen and oxygen atoms in total. The lowest BCUT2D eigenvalue weighted by Gasteiger charge is -2.19. The zero-order valence-electron chi connectivity index (χ0n) is 20.3. The summed E-state index contributed by atoms with van der Waals surface area (Å²) in [5.41, 5.74) is 3.94. The van der Waals surface area contributed by atoms with Crippen LogP contribution in [-0.4, -0.2) is 10.4 Å². The molecule has 0 fully saturated rings. The van der Waals surface area contributed by atoms with Crippen LogP contribution in [0.3, 0.4) is 0 Å². The van der Waals surface area contributed by atoms with Gasteiger partial charge in [0.25, 0.3) is 0 Å². The van der Waals surface area contributed by atoms with Crippen molar-refractivity contribution < 1.29 is 10.6 Å². The van der Waals surface area contributed by atoms with E-state index in [1.54, 1.807) is 6.20 Å². The Morgan fingerprint density at radius 2 is 2.00 bits per heavy atom. The smallest absolute Gasteiger partial charge is 0.193 e. The lowest BCUT2D eigenvalue weighted by atomic mass is 9.87. The molecule has 0 radical (unpaired) electrons. The number of ketones is 1. The maximum absolute atomic E-state index is 12.4. The number of pyridine rings is 1. The topological polar surface area (TPSA) is 52.2 Å². The third kappa shape index (κ3) is 4.95. The number of rotatable bonds is 3. The van der Waals surface area contributed by atoms with Crippen LogP contribution in [0.4, 0.5) is 0 Å². The molecule has 5 rings (SSSR count). The monoisotopic (exact) mass is 447 g/mol. The number of furan rings is 1. The SMILES string of the molecule is C=CC(=O)c1cn2c(cc1=O)-c1oc3cc(C4CC=CCC4)ccc3c1CC2.CC.CCC.[HH]. The van der Waals surface area contributed by atoms with E-state index in [1.807, 2.05) is 18.4 Å². The molecule has 1 unspecified atom stereocenters. The van der Waals surface area contributed by atoms with Crippen molar-refractivity contribution >= 4 is 16.8 Å². The van der Waals surface area contributed by atoms with Crippen molar-refractivity contribution in [2.45, 2.75) is 72.3 Å². The van der Waals surface area contributed by atoms with Gasteiger partial charge in [0.05, 0.1) is 11.3 Å². The zero-order valence-corrected chi connectivity index (χ0v) is 20.3. The molecule has 0 amide bonds. The van der Waals surface area contributed by atoms with E-state index in [9.17, 15) is 9.59 Å². The van der Waals surface area contributed by atoms with Crippen LogP contribution in [0.2, 0.25) is 0 Å². The molecule has 1 aliphatic carbocycles. The second kappa shape index (κ2) is 11.1. The van der Waals surface area contributed by atoms with Gasteiger partial charge in [-0.2, -0.15) is 0 Å². The van der Waals surface area contributed by atoms with E-state index in [0.29, 0.717) is 12.5 Å². The molecular formula is C29H37NO3. The Hall–Kier alpha value is -3.14. The summed E-state index contributed by atoms with van der Waals surface area (Å²) in [6.07, 6.45) is 12.8. The third-order valence-corrected chi connectivity index (χ3v) is 5.97. The normalized spacial score (nSPS) is 15.9. The number of carbonyl (C=O) groups excluding carboxylic acids is 1. The fourth-order valence-electron chi connectivity index (χ4n) is 4.45. The first-order valence-corrected chi connectivity index (χ1v) is 12.2. The van der Waals surface area contributed by atoms with Crippen LogP contribution in [0.5, 0.6) is 0 Å². The number of hydrogen-bond acceptors (Lipinski definition) is 3. The van der Waals surface area contributed by atoms with Crippen molar-refractivity contribution in [3.8, 4) is 11.5 Å². The van der Waals surface area contributed by atoms with Gasteiger partial charge in [0.1, 0.15) is 5.58 Å². The van der Waals surface area contributed by atoms with Gasteiger partial charge < -0.3 is 8.98 Å². The lowest BCUT2D eigenvalue weighted by molar-refractivity contribution is 0.104. The van der Waals surface area contributed by atoms with E-state index in [1.165, 1.54) is 30.5 Å². The van der Waals surface area contributed by atoms with Gasteiger partial charge in [-0.05, 0) is 49.3 Å². The Balaban J connectivity index is 0.000000633. The molecule has 0 bridgehead atoms. The Bertz CT molecular complexity index is 1230. The quantitative estimate of drug-likeness (QED) is 0.235. The first-order chi connectivity index (χ1) is 16.1. The lowest BCUT2D eigenvalue weighted by Crippen LogP contribution is -2.20. The molecule has 0 saturated heterocycles. The van der Waals surface area contributed by atoms with Gasteiger partial charge in [0, 0.05) is 31.2 Å². The predicted octanol–water partition coefficient (Wildman–Crippen LogP) is 7.70. The molecule has 2 aliphatic rings. The molecule has 33 heavy (non-hydrogen) atoms. The van der Waals surface area contributed by atoms with Gasteiger partial charge in [-0.25, -0.2) is 0 Å². The second-order valence-corrected chi connectivity index (χ2v) is 8.30. The van der Waals surface area contributed by atoms with Crippen LogP contribution < -0.4 is 5.43 Å². The Labute approximate surface area is 198 Å². The minimum absolute atomic E-state index is 0. The number of benzene rings is 1. The van der Waals surface area contributed by atoms with Crippen molar-refractivity contribution in [3.05, 3.63) is 82.2 Å². The van der Waals surface area contributed by atoms with Gasteiger partial charge in [0.2, 0.25) is 0 Å². The highest BCUT2D eigenvalue weighted by Crippen LogP contribution is 2.39. The second-order valence-electron chi connectivity index (χ2n) is 8.30. The molecule has 0 N–H and O–H groups in total. The van der Waals surface area contributed by atoms with Crippen LogP contribution in [0.1, 0.15) is 82.2 Å². The van der Waals surface area contributed by atoms with Crippen molar-refractivity contribution in [1.82, 2.24) is 4.57 Å². The molecule has 4 heteroatoms. The maximum Gasteiger partial charge on any atom is 0.193 e. The largest absolute Gasteiger partial charge is 0.454 e. The highest BCUT2D eigenvalue weighted by atomic mass is 16.3. The van der Waals surface area contributed by atoms with Gasteiger partial charge in [-0.3, -0.25) is 9.59 Å². The van der Waals surface area contributed by atoms with Crippen molar-refractivity contribution in [3.63, 3.8) is 0 Å². The van der Waals surface area contributed by atoms with Gasteiger partial charge in [-0.15, -0.1) is 0 Å². The third-order valence-electron chi connectivity index (χ3n) is 5.97. The average Bonchev–Trinajstić information content (AvgIpc) is 3.24. The molecule has 1 aliphatic heterocycles. The summed E-state index contributed by atoms with van der Waals surface area (Å²) in [5.74, 6) is 0.942. The summed E-state index contributed by atoms with van der Waals surface area (Å²) in [7, 11) is 0. The summed E-state index contributed by atoms with van der Waals surface area (Å²) < 4.78 is 8.19. The molecule has 176 valence electrons. The van der Waals surface area contributed by atoms with Crippen LogP contribution >= 0.6 is 0 Å². The summed E-state index contributed by atoms with van der Waals surface area (Å²) >= 11 is 0. The molecule has 2 aromatic heterocycles. The fraction of sp³-hybridized carbons (Fsp3) is 0.379. The predicted molar refractivity (Wildman–Crippen MR) is 139 cm³/mol. The Morgan fingerprint density at radius 1 is 1.24 bits per heavy atom. The fourth-order valence-corrected chi connectivity index (χ4v) is 4.45. The van der Waals surface area contributed by atoms with E-state index in [4.69, 9.17) is 4.42 Å². The molecule has 3 aromatic rings. The minimum atomic E-state index is -0.345. The Morgan fingerprint density at radius 3 is 2.67 bits per heavy atom. The molecular weight excluding hydrogens is 410 g/mol. The molecule has 0 spiro atoms. The molecule has 1 aromatic carbocycles. The summed E-state index contributed by atoms with van der Waals surface area (Å²) in [4.78, 5) is 24.4. The molecule has 1 atom stereocenters. The standard InChI is InChI=1S/C24H21NO3.C3H8.C2H6.H2/c1-2-21(26)19-14-25-11-10-18-17-9-8-16(15-6-4-3-5-7-15)12-23(17)28-24(18)20(25)13-22(19)27;1-3-2;1-2;/h2-4,8-9,12-15H,1,5-7,10-11H2;3H2,1-2H3;1-2H3;1H. The highest BCUT2D eigenvalue weighted by Gasteiger charge is 2.25. The van der Waals surface area contributed by atoms with Crippen molar-refractivity contribution in [2.75, 3.05) is 0 Å². The number of aryl methyl sites for hydroxylation is 2. The van der Waals surface area contributed by atoms with E-state index in [0.717, 1.165) is 47.2 Å². The molecule has 3 heterocycles. The maximum atomic E-state index is 12.4. The van der Waals surface area contributed by atoms with E-state index >= 15 is 0 Å². The Kier molecular flexibility index (Phi) is 8.26. The van der Waals surface area contributed by atoms with E-state index in [-0.39, 0.29) is 18.2 Å². The van der Waals surface area contributed by atoms with Crippen LogP contribution in [0, 0.1) is 0 Å². The number of aromatic nitrogens is 1. The zero-order chi connectivity index (χ0) is 24.0. The van der Waals surface area contributed by atoms with E-state index in [2.05, 4.69) is 50.8 Å². The van der Waals surface area contributed by atoms with E-state index < -0.39 is 0 Å². The summed E-state index contributed by atoms with van der Waals surface area (Å²) in [5, 5.41) is 1.12. The number of fused-ring (bicyclic) bond motifs is 5. The first-order valence-electron chi connectivity index (χ1n) is 12.2. The van der Waals surface area contributed by atoms with Gasteiger partial charge >= 0.3 is 0 Å².